The van der Waals surface area contributed by atoms with Crippen LogP contribution >= 0.6 is 22.9 Å². The molecule has 144 valence electrons. The fourth-order valence-corrected chi connectivity index (χ4v) is 3.63. The van der Waals surface area contributed by atoms with E-state index in [1.54, 1.807) is 48.8 Å². The summed E-state index contributed by atoms with van der Waals surface area (Å²) in [5.41, 5.74) is 2.35. The van der Waals surface area contributed by atoms with Crippen LogP contribution in [-0.4, -0.2) is 15.9 Å². The SMILES string of the molecule is O=C(Cc1csc(-c2cccnc2)n1)Nc1ccc(Oc2ccccc2Cl)cc1. The molecular formula is C22H16ClN3O2S. The van der Waals surface area contributed by atoms with E-state index in [0.29, 0.717) is 22.2 Å². The molecule has 0 saturated heterocycles. The van der Waals surface area contributed by atoms with Crippen molar-refractivity contribution in [2.24, 2.45) is 0 Å². The summed E-state index contributed by atoms with van der Waals surface area (Å²) in [5, 5.41) is 6.15. The van der Waals surface area contributed by atoms with Gasteiger partial charge < -0.3 is 10.1 Å². The molecule has 0 aliphatic carbocycles. The van der Waals surface area contributed by atoms with Crippen LogP contribution in [0.4, 0.5) is 5.69 Å². The van der Waals surface area contributed by atoms with Crippen molar-refractivity contribution in [3.8, 4) is 22.1 Å². The van der Waals surface area contributed by atoms with Crippen LogP contribution < -0.4 is 10.1 Å². The van der Waals surface area contributed by atoms with E-state index >= 15 is 0 Å². The summed E-state index contributed by atoms with van der Waals surface area (Å²) in [7, 11) is 0. The molecule has 0 fully saturated rings. The first-order chi connectivity index (χ1) is 14.2. The molecule has 4 aromatic rings. The molecule has 0 atom stereocenters. The van der Waals surface area contributed by atoms with Crippen LogP contribution in [0.1, 0.15) is 5.69 Å². The Bertz CT molecular complexity index is 1110. The third-order valence-electron chi connectivity index (χ3n) is 4.00. The molecule has 5 nitrogen and oxygen atoms in total. The van der Waals surface area contributed by atoms with E-state index in [1.807, 2.05) is 29.6 Å². The summed E-state index contributed by atoms with van der Waals surface area (Å²) < 4.78 is 5.75. The molecule has 1 amide bonds. The Hall–Kier alpha value is -3.22. The molecule has 0 aliphatic heterocycles. The van der Waals surface area contributed by atoms with Gasteiger partial charge in [-0.1, -0.05) is 23.7 Å². The summed E-state index contributed by atoms with van der Waals surface area (Å²) in [6.45, 7) is 0. The molecular weight excluding hydrogens is 406 g/mol. The van der Waals surface area contributed by atoms with Gasteiger partial charge >= 0.3 is 0 Å². The molecule has 1 N–H and O–H groups in total. The Morgan fingerprint density at radius 1 is 1.07 bits per heavy atom. The standard InChI is InChI=1S/C22H16ClN3O2S/c23-19-5-1-2-6-20(19)28-18-9-7-16(8-10-18)25-21(27)12-17-14-29-22(26-17)15-4-3-11-24-13-15/h1-11,13-14H,12H2,(H,25,27). The molecule has 0 radical (unpaired) electrons. The van der Waals surface area contributed by atoms with E-state index in [4.69, 9.17) is 16.3 Å². The molecule has 0 bridgehead atoms. The Balaban J connectivity index is 1.35. The van der Waals surface area contributed by atoms with Gasteiger partial charge in [-0.3, -0.25) is 9.78 Å². The smallest absolute Gasteiger partial charge is 0.230 e. The first-order valence-electron chi connectivity index (χ1n) is 8.84. The fraction of sp³-hybridized carbons (Fsp3) is 0.0455. The highest BCUT2D eigenvalue weighted by Crippen LogP contribution is 2.29. The number of para-hydroxylation sites is 1. The molecule has 0 aliphatic rings. The lowest BCUT2D eigenvalue weighted by atomic mass is 10.2. The van der Waals surface area contributed by atoms with Gasteiger partial charge in [0.15, 0.2) is 0 Å². The second-order valence-electron chi connectivity index (χ2n) is 6.17. The first-order valence-corrected chi connectivity index (χ1v) is 10.1. The van der Waals surface area contributed by atoms with E-state index in [2.05, 4.69) is 15.3 Å². The molecule has 2 aromatic heterocycles. The number of carbonyl (C=O) groups excluding carboxylic acids is 1. The molecule has 4 rings (SSSR count). The van der Waals surface area contributed by atoms with E-state index in [9.17, 15) is 4.79 Å². The van der Waals surface area contributed by atoms with E-state index in [-0.39, 0.29) is 12.3 Å². The molecule has 0 spiro atoms. The lowest BCUT2D eigenvalue weighted by molar-refractivity contribution is -0.115. The lowest BCUT2D eigenvalue weighted by Gasteiger charge is -2.09. The summed E-state index contributed by atoms with van der Waals surface area (Å²) in [6, 6.07) is 18.2. The number of benzene rings is 2. The number of halogens is 1. The zero-order chi connectivity index (χ0) is 20.1. The van der Waals surface area contributed by atoms with Crippen molar-refractivity contribution in [2.75, 3.05) is 5.32 Å². The van der Waals surface area contributed by atoms with Crippen molar-refractivity contribution in [1.82, 2.24) is 9.97 Å². The van der Waals surface area contributed by atoms with Crippen LogP contribution in [0.25, 0.3) is 10.6 Å². The number of amides is 1. The molecule has 2 aromatic carbocycles. The predicted octanol–water partition coefficient (Wildman–Crippen LogP) is 5.83. The van der Waals surface area contributed by atoms with Crippen LogP contribution in [0.5, 0.6) is 11.5 Å². The van der Waals surface area contributed by atoms with Gasteiger partial charge in [0.2, 0.25) is 5.91 Å². The van der Waals surface area contributed by atoms with Gasteiger partial charge in [-0.25, -0.2) is 4.98 Å². The summed E-state index contributed by atoms with van der Waals surface area (Å²) in [5.74, 6) is 1.09. The first kappa shape index (κ1) is 19.1. The number of nitrogens with zero attached hydrogens (tertiary/aromatic N) is 2. The van der Waals surface area contributed by atoms with Crippen molar-refractivity contribution >= 4 is 34.5 Å². The number of pyridine rings is 1. The second kappa shape index (κ2) is 8.86. The van der Waals surface area contributed by atoms with Gasteiger partial charge in [-0.2, -0.15) is 0 Å². The Morgan fingerprint density at radius 3 is 2.66 bits per heavy atom. The quantitative estimate of drug-likeness (QED) is 0.425. The third kappa shape index (κ3) is 4.99. The minimum atomic E-state index is -0.132. The maximum Gasteiger partial charge on any atom is 0.230 e. The number of hydrogen-bond donors (Lipinski definition) is 1. The number of anilines is 1. The summed E-state index contributed by atoms with van der Waals surface area (Å²) in [6.07, 6.45) is 3.68. The average Bonchev–Trinajstić information content (AvgIpc) is 3.20. The molecule has 2 heterocycles. The summed E-state index contributed by atoms with van der Waals surface area (Å²) in [4.78, 5) is 21.0. The highest BCUT2D eigenvalue weighted by atomic mass is 35.5. The minimum Gasteiger partial charge on any atom is -0.456 e. The normalized spacial score (nSPS) is 10.5. The predicted molar refractivity (Wildman–Crippen MR) is 116 cm³/mol. The van der Waals surface area contributed by atoms with Gasteiger partial charge in [-0.05, 0) is 48.5 Å². The number of nitrogens with one attached hydrogen (secondary N) is 1. The zero-order valence-corrected chi connectivity index (χ0v) is 16.8. The largest absolute Gasteiger partial charge is 0.456 e. The maximum absolute atomic E-state index is 12.3. The highest BCUT2D eigenvalue weighted by Gasteiger charge is 2.10. The van der Waals surface area contributed by atoms with Crippen LogP contribution in [0.3, 0.4) is 0 Å². The second-order valence-corrected chi connectivity index (χ2v) is 7.43. The third-order valence-corrected chi connectivity index (χ3v) is 5.26. The number of aromatic nitrogens is 2. The Kier molecular flexibility index (Phi) is 5.84. The van der Waals surface area contributed by atoms with Crippen LogP contribution in [0.15, 0.2) is 78.4 Å². The molecule has 29 heavy (non-hydrogen) atoms. The number of carbonyl (C=O) groups is 1. The molecule has 7 heteroatoms. The van der Waals surface area contributed by atoms with Gasteiger partial charge in [0, 0.05) is 29.0 Å². The van der Waals surface area contributed by atoms with Crippen molar-refractivity contribution in [3.63, 3.8) is 0 Å². The van der Waals surface area contributed by atoms with Gasteiger partial charge in [-0.15, -0.1) is 11.3 Å². The monoisotopic (exact) mass is 421 g/mol. The topological polar surface area (TPSA) is 64.1 Å². The highest BCUT2D eigenvalue weighted by molar-refractivity contribution is 7.13. The van der Waals surface area contributed by atoms with Crippen molar-refractivity contribution in [2.45, 2.75) is 6.42 Å². The average molecular weight is 422 g/mol. The lowest BCUT2D eigenvalue weighted by Crippen LogP contribution is -2.14. The van der Waals surface area contributed by atoms with Gasteiger partial charge in [0.05, 0.1) is 17.1 Å². The maximum atomic E-state index is 12.3. The molecule has 0 saturated carbocycles. The number of hydrogen-bond acceptors (Lipinski definition) is 5. The van der Waals surface area contributed by atoms with E-state index < -0.39 is 0 Å². The van der Waals surface area contributed by atoms with Crippen LogP contribution in [0.2, 0.25) is 5.02 Å². The number of rotatable bonds is 6. The number of thiazole rings is 1. The summed E-state index contributed by atoms with van der Waals surface area (Å²) >= 11 is 7.60. The van der Waals surface area contributed by atoms with E-state index in [0.717, 1.165) is 16.3 Å². The van der Waals surface area contributed by atoms with Gasteiger partial charge in [0.25, 0.3) is 0 Å². The van der Waals surface area contributed by atoms with Crippen LogP contribution in [0, 0.1) is 0 Å². The molecule has 0 unspecified atom stereocenters. The van der Waals surface area contributed by atoms with Crippen molar-refractivity contribution in [1.29, 1.82) is 0 Å². The van der Waals surface area contributed by atoms with Crippen molar-refractivity contribution < 1.29 is 9.53 Å². The number of ether oxygens (including phenoxy) is 1. The van der Waals surface area contributed by atoms with Crippen LogP contribution in [-0.2, 0) is 11.2 Å². The fourth-order valence-electron chi connectivity index (χ4n) is 2.64. The van der Waals surface area contributed by atoms with E-state index in [1.165, 1.54) is 11.3 Å². The van der Waals surface area contributed by atoms with Crippen molar-refractivity contribution in [3.05, 3.63) is 89.2 Å². The minimum absolute atomic E-state index is 0.132. The Labute approximate surface area is 177 Å². The Morgan fingerprint density at radius 2 is 1.90 bits per heavy atom. The van der Waals surface area contributed by atoms with Gasteiger partial charge in [0.1, 0.15) is 16.5 Å². The zero-order valence-electron chi connectivity index (χ0n) is 15.2.